The molecule has 0 fully saturated rings. The highest BCUT2D eigenvalue weighted by Gasteiger charge is 2.15. The van der Waals surface area contributed by atoms with Crippen LogP contribution in [0.15, 0.2) is 39.7 Å². The van der Waals surface area contributed by atoms with Crippen LogP contribution in [-0.4, -0.2) is 12.0 Å². The lowest BCUT2D eigenvalue weighted by molar-refractivity contribution is 0.426. The molecule has 2 rings (SSSR count). The molecule has 1 unspecified atom stereocenters. The van der Waals surface area contributed by atoms with Gasteiger partial charge in [0.2, 0.25) is 0 Å². The number of halogens is 1. The first kappa shape index (κ1) is 12.3. The Morgan fingerprint density at radius 2 is 2.29 bits per heavy atom. The molecule has 2 aromatic heterocycles. The minimum Gasteiger partial charge on any atom is -0.467 e. The van der Waals surface area contributed by atoms with Gasteiger partial charge in [0.15, 0.2) is 0 Å². The summed E-state index contributed by atoms with van der Waals surface area (Å²) in [6.07, 6.45) is 6.26. The number of furan rings is 1. The minimum atomic E-state index is 0.182. The van der Waals surface area contributed by atoms with Crippen molar-refractivity contribution in [3.05, 3.63) is 52.1 Å². The van der Waals surface area contributed by atoms with E-state index in [0.717, 1.165) is 16.7 Å². The highest BCUT2D eigenvalue weighted by molar-refractivity contribution is 9.10. The number of nitrogens with one attached hydrogen (secondary N) is 1. The van der Waals surface area contributed by atoms with Crippen molar-refractivity contribution in [2.75, 3.05) is 7.05 Å². The van der Waals surface area contributed by atoms with Gasteiger partial charge in [-0.15, -0.1) is 0 Å². The summed E-state index contributed by atoms with van der Waals surface area (Å²) in [5.41, 5.74) is 2.35. The Morgan fingerprint density at radius 3 is 2.88 bits per heavy atom. The van der Waals surface area contributed by atoms with Gasteiger partial charge in [-0.3, -0.25) is 4.98 Å². The van der Waals surface area contributed by atoms with E-state index in [2.05, 4.69) is 39.2 Å². The fourth-order valence-corrected chi connectivity index (χ4v) is 2.28. The Morgan fingerprint density at radius 1 is 1.47 bits per heavy atom. The third-order valence-corrected chi connectivity index (χ3v) is 3.20. The van der Waals surface area contributed by atoms with Crippen LogP contribution in [0, 0.1) is 6.92 Å². The SMILES string of the molecule is CNC(Cc1cncc(Br)c1)c1occc1C. The van der Waals surface area contributed by atoms with Crippen molar-refractivity contribution >= 4 is 15.9 Å². The lowest BCUT2D eigenvalue weighted by Crippen LogP contribution is -2.19. The highest BCUT2D eigenvalue weighted by Crippen LogP contribution is 2.23. The van der Waals surface area contributed by atoms with Gasteiger partial charge in [-0.1, -0.05) is 0 Å². The normalized spacial score (nSPS) is 12.6. The van der Waals surface area contributed by atoms with Gasteiger partial charge in [0, 0.05) is 16.9 Å². The fraction of sp³-hybridized carbons (Fsp3) is 0.308. The molecule has 0 spiro atoms. The Balaban J connectivity index is 2.19. The Bertz CT molecular complexity index is 496. The summed E-state index contributed by atoms with van der Waals surface area (Å²) in [5, 5.41) is 3.28. The molecule has 0 saturated carbocycles. The first-order valence-electron chi connectivity index (χ1n) is 5.51. The van der Waals surface area contributed by atoms with Crippen LogP contribution in [0.5, 0.6) is 0 Å². The number of aromatic nitrogens is 1. The number of pyridine rings is 1. The average Bonchev–Trinajstić information content (AvgIpc) is 2.72. The van der Waals surface area contributed by atoms with E-state index in [1.165, 1.54) is 11.1 Å². The molecular weight excluding hydrogens is 280 g/mol. The monoisotopic (exact) mass is 294 g/mol. The van der Waals surface area contributed by atoms with Gasteiger partial charge < -0.3 is 9.73 Å². The molecule has 17 heavy (non-hydrogen) atoms. The molecule has 2 heterocycles. The van der Waals surface area contributed by atoms with Crippen LogP contribution in [0.4, 0.5) is 0 Å². The minimum absolute atomic E-state index is 0.182. The number of likely N-dealkylation sites (N-methyl/N-ethyl adjacent to an activating group) is 1. The molecule has 2 aromatic rings. The van der Waals surface area contributed by atoms with Crippen LogP contribution in [0.1, 0.15) is 22.9 Å². The predicted molar refractivity (Wildman–Crippen MR) is 70.9 cm³/mol. The van der Waals surface area contributed by atoms with Gasteiger partial charge in [-0.2, -0.15) is 0 Å². The first-order chi connectivity index (χ1) is 8.20. The lowest BCUT2D eigenvalue weighted by Gasteiger charge is -2.14. The molecule has 0 aromatic carbocycles. The molecule has 0 aliphatic heterocycles. The van der Waals surface area contributed by atoms with Crippen molar-refractivity contribution in [1.29, 1.82) is 0 Å². The summed E-state index contributed by atoms with van der Waals surface area (Å²) < 4.78 is 6.53. The Kier molecular flexibility index (Phi) is 3.97. The summed E-state index contributed by atoms with van der Waals surface area (Å²) in [4.78, 5) is 4.17. The zero-order valence-electron chi connectivity index (χ0n) is 9.90. The van der Waals surface area contributed by atoms with Crippen molar-refractivity contribution in [2.45, 2.75) is 19.4 Å². The molecule has 0 bridgehead atoms. The zero-order chi connectivity index (χ0) is 12.3. The van der Waals surface area contributed by atoms with E-state index in [1.54, 1.807) is 12.5 Å². The molecule has 4 heteroatoms. The highest BCUT2D eigenvalue weighted by atomic mass is 79.9. The molecule has 0 aliphatic rings. The number of hydrogen-bond donors (Lipinski definition) is 1. The summed E-state index contributed by atoms with van der Waals surface area (Å²) in [7, 11) is 1.94. The van der Waals surface area contributed by atoms with E-state index >= 15 is 0 Å². The summed E-state index contributed by atoms with van der Waals surface area (Å²) >= 11 is 3.43. The average molecular weight is 295 g/mol. The molecule has 0 saturated heterocycles. The fourth-order valence-electron chi connectivity index (χ4n) is 1.87. The molecule has 90 valence electrons. The first-order valence-corrected chi connectivity index (χ1v) is 6.30. The number of aryl methyl sites for hydroxylation is 1. The largest absolute Gasteiger partial charge is 0.467 e. The molecule has 0 radical (unpaired) electrons. The molecule has 3 nitrogen and oxygen atoms in total. The zero-order valence-corrected chi connectivity index (χ0v) is 11.5. The molecule has 1 atom stereocenters. The second kappa shape index (κ2) is 5.47. The van der Waals surface area contributed by atoms with E-state index in [0.29, 0.717) is 0 Å². The van der Waals surface area contributed by atoms with Crippen LogP contribution >= 0.6 is 15.9 Å². The van der Waals surface area contributed by atoms with Crippen molar-refractivity contribution in [3.63, 3.8) is 0 Å². The van der Waals surface area contributed by atoms with Gasteiger partial charge in [0.1, 0.15) is 5.76 Å². The maximum absolute atomic E-state index is 5.53. The van der Waals surface area contributed by atoms with Crippen LogP contribution in [0.3, 0.4) is 0 Å². The van der Waals surface area contributed by atoms with Crippen LogP contribution in [0.25, 0.3) is 0 Å². The Hall–Kier alpha value is -1.13. The van der Waals surface area contributed by atoms with Crippen LogP contribution in [-0.2, 0) is 6.42 Å². The van der Waals surface area contributed by atoms with Crippen molar-refractivity contribution in [2.24, 2.45) is 0 Å². The number of hydrogen-bond acceptors (Lipinski definition) is 3. The Labute approximate surface area is 109 Å². The maximum atomic E-state index is 5.53. The predicted octanol–water partition coefficient (Wildman–Crippen LogP) is 3.25. The van der Waals surface area contributed by atoms with Gasteiger partial charge in [0.25, 0.3) is 0 Å². The lowest BCUT2D eigenvalue weighted by atomic mass is 10.0. The molecule has 1 N–H and O–H groups in total. The summed E-state index contributed by atoms with van der Waals surface area (Å²) in [6, 6.07) is 4.25. The van der Waals surface area contributed by atoms with E-state index in [-0.39, 0.29) is 6.04 Å². The quantitative estimate of drug-likeness (QED) is 0.941. The molecule has 0 aliphatic carbocycles. The van der Waals surface area contributed by atoms with Gasteiger partial charge >= 0.3 is 0 Å². The second-order valence-electron chi connectivity index (χ2n) is 4.02. The molecular formula is C13H15BrN2O. The number of nitrogens with zero attached hydrogens (tertiary/aromatic N) is 1. The van der Waals surface area contributed by atoms with Gasteiger partial charge in [-0.25, -0.2) is 0 Å². The van der Waals surface area contributed by atoms with Gasteiger partial charge in [0.05, 0.1) is 12.3 Å². The second-order valence-corrected chi connectivity index (χ2v) is 4.94. The van der Waals surface area contributed by atoms with Crippen LogP contribution < -0.4 is 5.32 Å². The van der Waals surface area contributed by atoms with E-state index in [4.69, 9.17) is 4.42 Å². The van der Waals surface area contributed by atoms with E-state index < -0.39 is 0 Å². The maximum Gasteiger partial charge on any atom is 0.123 e. The topological polar surface area (TPSA) is 38.1 Å². The van der Waals surface area contributed by atoms with E-state index in [1.807, 2.05) is 19.3 Å². The molecule has 0 amide bonds. The third kappa shape index (κ3) is 2.96. The van der Waals surface area contributed by atoms with Crippen molar-refractivity contribution in [1.82, 2.24) is 10.3 Å². The summed E-state index contributed by atoms with van der Waals surface area (Å²) in [6.45, 7) is 2.06. The smallest absolute Gasteiger partial charge is 0.123 e. The van der Waals surface area contributed by atoms with E-state index in [9.17, 15) is 0 Å². The van der Waals surface area contributed by atoms with Crippen LogP contribution in [0.2, 0.25) is 0 Å². The summed E-state index contributed by atoms with van der Waals surface area (Å²) in [5.74, 6) is 0.993. The van der Waals surface area contributed by atoms with Crippen molar-refractivity contribution in [3.8, 4) is 0 Å². The third-order valence-electron chi connectivity index (χ3n) is 2.77. The van der Waals surface area contributed by atoms with Crippen molar-refractivity contribution < 1.29 is 4.42 Å². The number of rotatable bonds is 4. The standard InChI is InChI=1S/C13H15BrN2O/c1-9-3-4-17-13(9)12(15-2)6-10-5-11(14)8-16-7-10/h3-5,7-8,12,15H,6H2,1-2H3. The van der Waals surface area contributed by atoms with Gasteiger partial charge in [-0.05, 0) is 59.6 Å².